The number of nitro groups is 1. The fourth-order valence-electron chi connectivity index (χ4n) is 1.64. The first-order chi connectivity index (χ1) is 11.1. The van der Waals surface area contributed by atoms with Crippen molar-refractivity contribution in [3.63, 3.8) is 0 Å². The monoisotopic (exact) mass is 331 g/mol. The van der Waals surface area contributed by atoms with E-state index in [1.165, 1.54) is 23.9 Å². The molecule has 8 nitrogen and oxygen atoms in total. The van der Waals surface area contributed by atoms with Gasteiger partial charge in [-0.15, -0.1) is 0 Å². The van der Waals surface area contributed by atoms with Crippen molar-refractivity contribution in [2.45, 2.75) is 9.79 Å². The molecule has 0 aromatic heterocycles. The molecule has 9 heteroatoms. The lowest BCUT2D eigenvalue weighted by atomic mass is 10.3. The quantitative estimate of drug-likeness (QED) is 0.255. The third kappa shape index (κ3) is 5.00. The maximum Gasteiger partial charge on any atom is 0.324 e. The zero-order valence-corrected chi connectivity index (χ0v) is 12.6. The molecule has 0 bridgehead atoms. The lowest BCUT2D eigenvalue weighted by molar-refractivity contribution is -0.384. The Hall–Kier alpha value is -3.07. The molecule has 0 aliphatic carbocycles. The summed E-state index contributed by atoms with van der Waals surface area (Å²) >= 11 is 1.46. The minimum atomic E-state index is -0.449. The molecule has 0 saturated carbocycles. The van der Waals surface area contributed by atoms with Crippen LogP contribution < -0.4 is 16.5 Å². The number of urea groups is 1. The topological polar surface area (TPSA) is 123 Å². The van der Waals surface area contributed by atoms with Gasteiger partial charge in [0.05, 0.1) is 4.92 Å². The average Bonchev–Trinajstić information content (AvgIpc) is 2.55. The summed E-state index contributed by atoms with van der Waals surface area (Å²) in [5, 5.41) is 18.7. The summed E-state index contributed by atoms with van der Waals surface area (Å²) < 4.78 is 0. The molecule has 23 heavy (non-hydrogen) atoms. The van der Waals surface area contributed by atoms with Crippen LogP contribution in [0.3, 0.4) is 0 Å². The molecule has 0 aliphatic heterocycles. The molecule has 0 aliphatic rings. The Morgan fingerprint density at radius 3 is 2.22 bits per heavy atom. The van der Waals surface area contributed by atoms with Crippen LogP contribution in [0.4, 0.5) is 16.2 Å². The minimum absolute atomic E-state index is 0.0564. The van der Waals surface area contributed by atoms with Crippen LogP contribution in [0.5, 0.6) is 0 Å². The van der Waals surface area contributed by atoms with E-state index in [0.29, 0.717) is 5.69 Å². The average molecular weight is 331 g/mol. The Morgan fingerprint density at radius 1 is 1.13 bits per heavy atom. The van der Waals surface area contributed by atoms with Gasteiger partial charge in [0.1, 0.15) is 6.34 Å². The number of benzene rings is 2. The molecule has 0 heterocycles. The first-order valence-electron chi connectivity index (χ1n) is 6.40. The van der Waals surface area contributed by atoms with Gasteiger partial charge in [0.15, 0.2) is 0 Å². The summed E-state index contributed by atoms with van der Waals surface area (Å²) in [5.74, 6) is 4.88. The van der Waals surface area contributed by atoms with Gasteiger partial charge < -0.3 is 11.2 Å². The summed E-state index contributed by atoms with van der Waals surface area (Å²) in [6, 6.07) is 13.0. The highest BCUT2D eigenvalue weighted by Crippen LogP contribution is 2.29. The van der Waals surface area contributed by atoms with Gasteiger partial charge in [0.2, 0.25) is 0 Å². The first-order valence-corrected chi connectivity index (χ1v) is 7.22. The largest absolute Gasteiger partial charge is 0.324 e. The van der Waals surface area contributed by atoms with Crippen molar-refractivity contribution in [2.75, 3.05) is 5.32 Å². The summed E-state index contributed by atoms with van der Waals surface area (Å²) in [6.07, 6.45) is 1.08. The molecule has 2 rings (SSSR count). The van der Waals surface area contributed by atoms with Gasteiger partial charge in [-0.25, -0.2) is 4.79 Å². The molecule has 0 atom stereocenters. The second-order valence-electron chi connectivity index (χ2n) is 4.25. The predicted octanol–water partition coefficient (Wildman–Crippen LogP) is 2.77. The SMILES string of the molecule is NN=CNC(=O)Nc1ccc(Sc2ccc([N+](=O)[O-])cc2)cc1. The second-order valence-corrected chi connectivity index (χ2v) is 5.40. The van der Waals surface area contributed by atoms with E-state index in [0.717, 1.165) is 16.1 Å². The van der Waals surface area contributed by atoms with Crippen molar-refractivity contribution < 1.29 is 9.72 Å². The number of nitrogens with zero attached hydrogens (tertiary/aromatic N) is 2. The van der Waals surface area contributed by atoms with Crippen LogP contribution >= 0.6 is 11.8 Å². The summed E-state index contributed by atoms with van der Waals surface area (Å²) in [7, 11) is 0. The van der Waals surface area contributed by atoms with Gasteiger partial charge in [-0.2, -0.15) is 5.10 Å². The molecule has 0 saturated heterocycles. The predicted molar refractivity (Wildman–Crippen MR) is 88.5 cm³/mol. The number of hydrogen-bond acceptors (Lipinski definition) is 6. The molecule has 4 N–H and O–H groups in total. The van der Waals surface area contributed by atoms with E-state index in [1.54, 1.807) is 24.3 Å². The molecular weight excluding hydrogens is 318 g/mol. The lowest BCUT2D eigenvalue weighted by Crippen LogP contribution is -2.27. The van der Waals surface area contributed by atoms with Gasteiger partial charge in [-0.3, -0.25) is 15.4 Å². The van der Waals surface area contributed by atoms with E-state index >= 15 is 0 Å². The number of carbonyl (C=O) groups is 1. The van der Waals surface area contributed by atoms with Gasteiger partial charge in [-0.1, -0.05) is 11.8 Å². The Labute approximate surface area is 135 Å². The Morgan fingerprint density at radius 2 is 1.70 bits per heavy atom. The summed E-state index contributed by atoms with van der Waals surface area (Å²) in [6.45, 7) is 0. The van der Waals surface area contributed by atoms with Gasteiger partial charge >= 0.3 is 6.03 Å². The number of nitrogens with one attached hydrogen (secondary N) is 2. The Kier molecular flexibility index (Phi) is 5.53. The molecule has 2 aromatic rings. The zero-order chi connectivity index (χ0) is 16.7. The van der Waals surface area contributed by atoms with E-state index in [-0.39, 0.29) is 5.69 Å². The van der Waals surface area contributed by atoms with Gasteiger partial charge in [0.25, 0.3) is 5.69 Å². The number of non-ortho nitro benzene ring substituents is 1. The number of hydrogen-bond donors (Lipinski definition) is 3. The van der Waals surface area contributed by atoms with Crippen LogP contribution in [0.25, 0.3) is 0 Å². The number of anilines is 1. The van der Waals surface area contributed by atoms with E-state index in [2.05, 4.69) is 15.7 Å². The first kappa shape index (κ1) is 16.3. The summed E-state index contributed by atoms with van der Waals surface area (Å²) in [5.41, 5.74) is 0.668. The number of nitrogens with two attached hydrogens (primary N) is 1. The number of rotatable bonds is 5. The standard InChI is InChI=1S/C14H13N5O3S/c15-17-9-16-14(20)18-10-1-5-12(6-2-10)23-13-7-3-11(4-8-13)19(21)22/h1-9H,15H2,(H2,16,17,18,20). The van der Waals surface area contributed by atoms with Crippen molar-refractivity contribution in [3.8, 4) is 0 Å². The molecular formula is C14H13N5O3S. The molecule has 0 spiro atoms. The minimum Gasteiger partial charge on any atom is -0.322 e. The normalized spacial score (nSPS) is 10.4. The van der Waals surface area contributed by atoms with Gasteiger partial charge in [-0.05, 0) is 36.4 Å². The van der Waals surface area contributed by atoms with Crippen molar-refractivity contribution in [1.82, 2.24) is 5.32 Å². The molecule has 0 fully saturated rings. The van der Waals surface area contributed by atoms with Crippen LogP contribution in [-0.2, 0) is 0 Å². The maximum absolute atomic E-state index is 11.4. The highest BCUT2D eigenvalue weighted by Gasteiger charge is 2.05. The second kappa shape index (κ2) is 7.80. The Balaban J connectivity index is 1.96. The highest BCUT2D eigenvalue weighted by molar-refractivity contribution is 7.99. The van der Waals surface area contributed by atoms with Crippen LogP contribution in [0, 0.1) is 10.1 Å². The third-order valence-corrected chi connectivity index (χ3v) is 3.68. The van der Waals surface area contributed by atoms with Crippen molar-refractivity contribution in [3.05, 3.63) is 58.6 Å². The number of nitro benzene ring substituents is 1. The Bertz CT molecular complexity index is 716. The molecule has 2 amide bonds. The van der Waals surface area contributed by atoms with Crippen LogP contribution in [0.2, 0.25) is 0 Å². The molecule has 0 radical (unpaired) electrons. The molecule has 118 valence electrons. The van der Waals surface area contributed by atoms with E-state index in [9.17, 15) is 14.9 Å². The lowest BCUT2D eigenvalue weighted by Gasteiger charge is -2.06. The van der Waals surface area contributed by atoms with Crippen molar-refractivity contribution >= 4 is 35.5 Å². The molecule has 0 unspecified atom stereocenters. The summed E-state index contributed by atoms with van der Waals surface area (Å²) in [4.78, 5) is 23.4. The third-order valence-electron chi connectivity index (χ3n) is 2.67. The number of hydrazone groups is 1. The van der Waals surface area contributed by atoms with E-state index in [4.69, 9.17) is 5.84 Å². The van der Waals surface area contributed by atoms with Crippen molar-refractivity contribution in [2.24, 2.45) is 10.9 Å². The van der Waals surface area contributed by atoms with Crippen molar-refractivity contribution in [1.29, 1.82) is 0 Å². The van der Waals surface area contributed by atoms with Crippen LogP contribution in [-0.4, -0.2) is 17.3 Å². The van der Waals surface area contributed by atoms with E-state index < -0.39 is 11.0 Å². The van der Waals surface area contributed by atoms with E-state index in [1.807, 2.05) is 12.1 Å². The van der Waals surface area contributed by atoms with Crippen LogP contribution in [0.1, 0.15) is 0 Å². The molecule has 2 aromatic carbocycles. The number of carbonyl (C=O) groups excluding carboxylic acids is 1. The fraction of sp³-hybridized carbons (Fsp3) is 0. The van der Waals surface area contributed by atoms with Crippen LogP contribution in [0.15, 0.2) is 63.4 Å². The van der Waals surface area contributed by atoms with Gasteiger partial charge in [0, 0.05) is 27.6 Å². The fourth-order valence-corrected chi connectivity index (χ4v) is 2.46. The zero-order valence-electron chi connectivity index (χ0n) is 11.8. The maximum atomic E-state index is 11.4. The smallest absolute Gasteiger partial charge is 0.322 e. The number of amides is 2. The highest BCUT2D eigenvalue weighted by atomic mass is 32.2.